The van der Waals surface area contributed by atoms with Crippen LogP contribution in [-0.2, 0) is 22.7 Å². The van der Waals surface area contributed by atoms with Gasteiger partial charge in [-0.15, -0.1) is 16.4 Å². The first-order chi connectivity index (χ1) is 13.5. The summed E-state index contributed by atoms with van der Waals surface area (Å²) in [7, 11) is 0. The van der Waals surface area contributed by atoms with Crippen LogP contribution in [0.1, 0.15) is 11.4 Å². The number of aryl methyl sites for hydroxylation is 1. The number of hydrogen-bond acceptors (Lipinski definition) is 8. The van der Waals surface area contributed by atoms with Crippen LogP contribution in [0.3, 0.4) is 0 Å². The third-order valence-corrected chi connectivity index (χ3v) is 4.86. The Bertz CT molecular complexity index is 1270. The SMILES string of the molecule is Cc1csc2nc(COC(=O)Cn3nc(-c4ccccc4)oc3=O)cc(=O)n12. The van der Waals surface area contributed by atoms with Crippen LogP contribution in [-0.4, -0.2) is 25.1 Å². The lowest BCUT2D eigenvalue weighted by Gasteiger charge is -2.04. The molecule has 0 radical (unpaired) electrons. The molecule has 0 amide bonds. The lowest BCUT2D eigenvalue weighted by Crippen LogP contribution is -2.23. The van der Waals surface area contributed by atoms with Crippen molar-refractivity contribution in [2.75, 3.05) is 0 Å². The van der Waals surface area contributed by atoms with Crippen molar-refractivity contribution in [3.63, 3.8) is 0 Å². The topological polar surface area (TPSA) is 109 Å². The number of carbonyl (C=O) groups excluding carboxylic acids is 1. The monoisotopic (exact) mass is 398 g/mol. The first-order valence-electron chi connectivity index (χ1n) is 8.27. The Balaban J connectivity index is 1.45. The van der Waals surface area contributed by atoms with Crippen molar-refractivity contribution < 1.29 is 13.9 Å². The quantitative estimate of drug-likeness (QED) is 0.470. The number of fused-ring (bicyclic) bond motifs is 1. The second-order valence-corrected chi connectivity index (χ2v) is 6.77. The molecule has 0 saturated carbocycles. The lowest BCUT2D eigenvalue weighted by atomic mass is 10.2. The van der Waals surface area contributed by atoms with Gasteiger partial charge in [-0.3, -0.25) is 14.0 Å². The van der Waals surface area contributed by atoms with Crippen LogP contribution in [0.15, 0.2) is 55.8 Å². The predicted octanol–water partition coefficient (Wildman–Crippen LogP) is 1.62. The van der Waals surface area contributed by atoms with Gasteiger partial charge in [-0.05, 0) is 19.1 Å². The van der Waals surface area contributed by atoms with Gasteiger partial charge in [0.25, 0.3) is 5.56 Å². The summed E-state index contributed by atoms with van der Waals surface area (Å²) in [5.74, 6) is -1.34. The molecule has 10 heteroatoms. The van der Waals surface area contributed by atoms with Gasteiger partial charge < -0.3 is 9.15 Å². The maximum Gasteiger partial charge on any atom is 0.437 e. The molecule has 9 nitrogen and oxygen atoms in total. The standard InChI is InChI=1S/C18H14N4O5S/c1-11-10-28-17-19-13(7-14(23)22(11)17)9-26-15(24)8-21-18(25)27-16(20-21)12-5-3-2-4-6-12/h2-7,10H,8-9H2,1H3. The Labute approximate surface area is 161 Å². The van der Waals surface area contributed by atoms with Crippen LogP contribution in [0.5, 0.6) is 0 Å². The largest absolute Gasteiger partial charge is 0.458 e. The summed E-state index contributed by atoms with van der Waals surface area (Å²) < 4.78 is 12.6. The molecule has 4 aromatic rings. The molecule has 0 fully saturated rings. The molecular weight excluding hydrogens is 384 g/mol. The molecule has 0 N–H and O–H groups in total. The van der Waals surface area contributed by atoms with E-state index in [1.54, 1.807) is 24.3 Å². The Kier molecular flexibility index (Phi) is 4.62. The fourth-order valence-electron chi connectivity index (χ4n) is 2.60. The highest BCUT2D eigenvalue weighted by Crippen LogP contribution is 2.14. The molecule has 0 aliphatic carbocycles. The van der Waals surface area contributed by atoms with Crippen LogP contribution in [0.25, 0.3) is 16.4 Å². The van der Waals surface area contributed by atoms with E-state index >= 15 is 0 Å². The van der Waals surface area contributed by atoms with Gasteiger partial charge in [0, 0.05) is 22.7 Å². The first kappa shape index (κ1) is 17.9. The minimum absolute atomic E-state index is 0.117. The molecule has 0 unspecified atom stereocenters. The van der Waals surface area contributed by atoms with Crippen molar-refractivity contribution in [1.29, 1.82) is 0 Å². The highest BCUT2D eigenvalue weighted by Gasteiger charge is 2.15. The third-order valence-electron chi connectivity index (χ3n) is 3.92. The molecule has 3 heterocycles. The summed E-state index contributed by atoms with van der Waals surface area (Å²) in [5, 5.41) is 5.82. The molecule has 1 aromatic carbocycles. The fraction of sp³-hybridized carbons (Fsp3) is 0.167. The van der Waals surface area contributed by atoms with Crippen LogP contribution in [0.4, 0.5) is 0 Å². The molecule has 0 saturated heterocycles. The van der Waals surface area contributed by atoms with E-state index in [0.29, 0.717) is 16.2 Å². The normalized spacial score (nSPS) is 11.0. The summed E-state index contributed by atoms with van der Waals surface area (Å²) in [6.07, 6.45) is 0. The minimum Gasteiger partial charge on any atom is -0.458 e. The van der Waals surface area contributed by atoms with E-state index in [2.05, 4.69) is 10.1 Å². The second kappa shape index (κ2) is 7.24. The van der Waals surface area contributed by atoms with E-state index in [1.807, 2.05) is 18.4 Å². The Morgan fingerprint density at radius 2 is 2.04 bits per heavy atom. The van der Waals surface area contributed by atoms with Crippen LogP contribution >= 0.6 is 11.3 Å². The van der Waals surface area contributed by atoms with Crippen molar-refractivity contribution >= 4 is 22.3 Å². The number of ether oxygens (including phenoxy) is 1. The molecule has 142 valence electrons. The van der Waals surface area contributed by atoms with Gasteiger partial charge in [0.2, 0.25) is 5.89 Å². The first-order valence-corrected chi connectivity index (χ1v) is 9.15. The average molecular weight is 398 g/mol. The summed E-state index contributed by atoms with van der Waals surface area (Å²) in [4.78, 5) is 40.9. The minimum atomic E-state index is -0.761. The molecule has 0 aliphatic rings. The number of carbonyl (C=O) groups is 1. The summed E-state index contributed by atoms with van der Waals surface area (Å²) in [6, 6.07) is 10.2. The Morgan fingerprint density at radius 3 is 2.82 bits per heavy atom. The van der Waals surface area contributed by atoms with Crippen molar-refractivity contribution in [2.24, 2.45) is 0 Å². The molecule has 3 aromatic heterocycles. The molecule has 4 rings (SSSR count). The molecule has 0 aliphatic heterocycles. The number of thiazole rings is 1. The molecule has 0 atom stereocenters. The van der Waals surface area contributed by atoms with Crippen molar-refractivity contribution in [3.8, 4) is 11.5 Å². The van der Waals surface area contributed by atoms with E-state index < -0.39 is 18.3 Å². The van der Waals surface area contributed by atoms with E-state index in [-0.39, 0.29) is 18.1 Å². The molecule has 0 spiro atoms. The van der Waals surface area contributed by atoms with Gasteiger partial charge in [0.1, 0.15) is 13.2 Å². The number of rotatable bonds is 5. The van der Waals surface area contributed by atoms with Gasteiger partial charge >= 0.3 is 11.7 Å². The van der Waals surface area contributed by atoms with Gasteiger partial charge in [-0.2, -0.15) is 4.68 Å². The van der Waals surface area contributed by atoms with Gasteiger partial charge in [0.15, 0.2) is 4.96 Å². The van der Waals surface area contributed by atoms with Gasteiger partial charge in [-0.1, -0.05) is 18.2 Å². The third kappa shape index (κ3) is 3.49. The van der Waals surface area contributed by atoms with Gasteiger partial charge in [-0.25, -0.2) is 9.78 Å². The second-order valence-electron chi connectivity index (χ2n) is 5.94. The van der Waals surface area contributed by atoms with E-state index in [0.717, 1.165) is 10.4 Å². The number of nitrogens with zero attached hydrogens (tertiary/aromatic N) is 4. The zero-order valence-electron chi connectivity index (χ0n) is 14.7. The van der Waals surface area contributed by atoms with Crippen LogP contribution < -0.4 is 11.3 Å². The molecular formula is C18H14N4O5S. The van der Waals surface area contributed by atoms with E-state index in [4.69, 9.17) is 9.15 Å². The van der Waals surface area contributed by atoms with Gasteiger partial charge in [0.05, 0.1) is 5.69 Å². The number of hydrogen-bond donors (Lipinski definition) is 0. The van der Waals surface area contributed by atoms with E-state index in [9.17, 15) is 14.4 Å². The molecule has 0 bridgehead atoms. The van der Waals surface area contributed by atoms with Crippen molar-refractivity contribution in [2.45, 2.75) is 20.1 Å². The number of esters is 1. The number of aromatic nitrogens is 4. The summed E-state index contributed by atoms with van der Waals surface area (Å²) >= 11 is 1.33. The van der Waals surface area contributed by atoms with Crippen LogP contribution in [0.2, 0.25) is 0 Å². The highest BCUT2D eigenvalue weighted by molar-refractivity contribution is 7.15. The summed E-state index contributed by atoms with van der Waals surface area (Å²) in [6.45, 7) is 1.22. The average Bonchev–Trinajstić information content (AvgIpc) is 3.24. The lowest BCUT2D eigenvalue weighted by molar-refractivity contribution is -0.146. The fourth-order valence-corrected chi connectivity index (χ4v) is 3.49. The smallest absolute Gasteiger partial charge is 0.437 e. The highest BCUT2D eigenvalue weighted by atomic mass is 32.1. The Morgan fingerprint density at radius 1 is 1.25 bits per heavy atom. The Hall–Kier alpha value is -3.53. The van der Waals surface area contributed by atoms with Crippen molar-refractivity contribution in [1.82, 2.24) is 19.2 Å². The van der Waals surface area contributed by atoms with Crippen molar-refractivity contribution in [3.05, 3.63) is 74.1 Å². The van der Waals surface area contributed by atoms with Crippen LogP contribution in [0, 0.1) is 6.92 Å². The maximum atomic E-state index is 12.1. The number of benzene rings is 1. The zero-order valence-corrected chi connectivity index (χ0v) is 15.5. The maximum absolute atomic E-state index is 12.1. The predicted molar refractivity (Wildman–Crippen MR) is 100 cm³/mol. The zero-order chi connectivity index (χ0) is 19.7. The molecule has 28 heavy (non-hydrogen) atoms. The van der Waals surface area contributed by atoms with E-state index in [1.165, 1.54) is 21.8 Å². The summed E-state index contributed by atoms with van der Waals surface area (Å²) in [5.41, 5.74) is 1.50.